The number of nitrogens with zero attached hydrogens (tertiary/aromatic N) is 4. The van der Waals surface area contributed by atoms with Crippen LogP contribution in [0.1, 0.15) is 12.8 Å². The normalized spacial score (nSPS) is 15.5. The Hall–Kier alpha value is -4.53. The molecule has 1 aromatic carbocycles. The summed E-state index contributed by atoms with van der Waals surface area (Å²) >= 11 is 0. The number of hydrogen-bond donors (Lipinski definition) is 3. The smallest absolute Gasteiger partial charge is 0.245 e. The van der Waals surface area contributed by atoms with Gasteiger partial charge in [0.15, 0.2) is 5.82 Å². The first kappa shape index (κ1) is 22.3. The number of nitrogens with one attached hydrogen (secondary N) is 3. The van der Waals surface area contributed by atoms with E-state index in [1.807, 2.05) is 48.5 Å². The molecule has 9 nitrogen and oxygen atoms in total. The first-order chi connectivity index (χ1) is 17.1. The molecule has 0 aliphatic carbocycles. The molecule has 5 rings (SSSR count). The van der Waals surface area contributed by atoms with E-state index in [4.69, 9.17) is 0 Å². The van der Waals surface area contributed by atoms with Crippen molar-refractivity contribution >= 4 is 17.5 Å². The van der Waals surface area contributed by atoms with Crippen molar-refractivity contribution in [3.8, 4) is 34.2 Å². The zero-order chi connectivity index (χ0) is 24.2. The van der Waals surface area contributed by atoms with E-state index in [-0.39, 0.29) is 17.7 Å². The van der Waals surface area contributed by atoms with Crippen molar-refractivity contribution in [2.45, 2.75) is 12.8 Å². The Labute approximate surface area is 202 Å². The second kappa shape index (κ2) is 9.76. The van der Waals surface area contributed by atoms with Crippen LogP contribution in [-0.4, -0.2) is 55.0 Å². The SMILES string of the molecule is C=CC(=O)N1CCC[C@H](C(=O)Nc2ccc(-c3cnc(-c4cccc(-c5ccn[nH]5)n4)[nH]3)cc2)C1. The number of carbonyl (C=O) groups is 2. The van der Waals surface area contributed by atoms with Gasteiger partial charge in [-0.2, -0.15) is 5.10 Å². The summed E-state index contributed by atoms with van der Waals surface area (Å²) in [5.41, 5.74) is 4.84. The summed E-state index contributed by atoms with van der Waals surface area (Å²) in [6.45, 7) is 4.62. The average molecular weight is 468 g/mol. The van der Waals surface area contributed by atoms with Gasteiger partial charge in [0.1, 0.15) is 5.69 Å². The fourth-order valence-electron chi connectivity index (χ4n) is 4.21. The monoisotopic (exact) mass is 467 g/mol. The van der Waals surface area contributed by atoms with Crippen molar-refractivity contribution in [2.24, 2.45) is 5.92 Å². The van der Waals surface area contributed by atoms with Gasteiger partial charge in [-0.05, 0) is 54.8 Å². The second-order valence-electron chi connectivity index (χ2n) is 8.42. The van der Waals surface area contributed by atoms with Crippen LogP contribution < -0.4 is 5.32 Å². The van der Waals surface area contributed by atoms with Crippen molar-refractivity contribution in [1.29, 1.82) is 0 Å². The summed E-state index contributed by atoms with van der Waals surface area (Å²) in [7, 11) is 0. The number of aromatic nitrogens is 5. The van der Waals surface area contributed by atoms with Crippen LogP contribution in [0.25, 0.3) is 34.2 Å². The Morgan fingerprint density at radius 3 is 2.69 bits per heavy atom. The van der Waals surface area contributed by atoms with Crippen molar-refractivity contribution in [2.75, 3.05) is 18.4 Å². The first-order valence-corrected chi connectivity index (χ1v) is 11.5. The van der Waals surface area contributed by atoms with Gasteiger partial charge in [0.05, 0.1) is 29.2 Å². The molecule has 9 heteroatoms. The van der Waals surface area contributed by atoms with Crippen molar-refractivity contribution in [1.82, 2.24) is 30.0 Å². The Morgan fingerprint density at radius 1 is 1.09 bits per heavy atom. The number of rotatable bonds is 6. The molecule has 0 bridgehead atoms. The van der Waals surface area contributed by atoms with Gasteiger partial charge in [-0.25, -0.2) is 9.97 Å². The number of hydrogen-bond acceptors (Lipinski definition) is 5. The highest BCUT2D eigenvalue weighted by Crippen LogP contribution is 2.25. The van der Waals surface area contributed by atoms with E-state index < -0.39 is 0 Å². The predicted molar refractivity (Wildman–Crippen MR) is 133 cm³/mol. The van der Waals surface area contributed by atoms with Crippen LogP contribution in [0.4, 0.5) is 5.69 Å². The van der Waals surface area contributed by atoms with E-state index in [1.54, 1.807) is 17.3 Å². The average Bonchev–Trinajstić information content (AvgIpc) is 3.62. The minimum absolute atomic E-state index is 0.0774. The van der Waals surface area contributed by atoms with E-state index >= 15 is 0 Å². The molecule has 0 unspecified atom stereocenters. The summed E-state index contributed by atoms with van der Waals surface area (Å²) in [4.78, 5) is 38.8. The first-order valence-electron chi connectivity index (χ1n) is 11.5. The van der Waals surface area contributed by atoms with Crippen LogP contribution >= 0.6 is 0 Å². The van der Waals surface area contributed by atoms with Crippen molar-refractivity contribution in [3.63, 3.8) is 0 Å². The Bertz CT molecular complexity index is 1340. The zero-order valence-electron chi connectivity index (χ0n) is 19.1. The number of amides is 2. The molecular weight excluding hydrogens is 442 g/mol. The molecule has 176 valence electrons. The van der Waals surface area contributed by atoms with Gasteiger partial charge in [0.25, 0.3) is 0 Å². The lowest BCUT2D eigenvalue weighted by atomic mass is 9.97. The molecule has 0 radical (unpaired) electrons. The number of anilines is 1. The minimum atomic E-state index is -0.229. The molecule has 0 spiro atoms. The lowest BCUT2D eigenvalue weighted by Gasteiger charge is -2.31. The number of aromatic amines is 2. The molecular formula is C26H25N7O2. The van der Waals surface area contributed by atoms with E-state index in [0.29, 0.717) is 24.6 Å². The molecule has 3 aromatic heterocycles. The van der Waals surface area contributed by atoms with Crippen LogP contribution in [0.3, 0.4) is 0 Å². The van der Waals surface area contributed by atoms with Crippen molar-refractivity contribution in [3.05, 3.63) is 73.6 Å². The fourth-order valence-corrected chi connectivity index (χ4v) is 4.21. The second-order valence-corrected chi connectivity index (χ2v) is 8.42. The molecule has 1 atom stereocenters. The van der Waals surface area contributed by atoms with Crippen LogP contribution in [0.2, 0.25) is 0 Å². The number of pyridine rings is 1. The summed E-state index contributed by atoms with van der Waals surface area (Å²) in [6.07, 6.45) is 6.32. The molecule has 1 fully saturated rings. The van der Waals surface area contributed by atoms with Gasteiger partial charge >= 0.3 is 0 Å². The highest BCUT2D eigenvalue weighted by Gasteiger charge is 2.27. The molecule has 35 heavy (non-hydrogen) atoms. The molecule has 4 heterocycles. The Kier molecular flexibility index (Phi) is 6.21. The maximum Gasteiger partial charge on any atom is 0.245 e. The minimum Gasteiger partial charge on any atom is -0.338 e. The number of likely N-dealkylation sites (tertiary alicyclic amines) is 1. The summed E-state index contributed by atoms with van der Waals surface area (Å²) in [5, 5.41) is 9.87. The van der Waals surface area contributed by atoms with Gasteiger partial charge in [-0.1, -0.05) is 24.8 Å². The lowest BCUT2D eigenvalue weighted by Crippen LogP contribution is -2.43. The molecule has 1 saturated heterocycles. The van der Waals surface area contributed by atoms with E-state index in [1.165, 1.54) is 6.08 Å². The third kappa shape index (κ3) is 4.89. The topological polar surface area (TPSA) is 120 Å². The predicted octanol–water partition coefficient (Wildman–Crippen LogP) is 3.89. The molecule has 2 amide bonds. The molecule has 0 saturated carbocycles. The standard InChI is InChI=1S/C26H25N7O2/c1-2-24(34)33-14-4-5-18(16-33)26(35)29-19-10-8-17(9-11-19)23-15-27-25(31-23)22-7-3-6-20(30-22)21-12-13-28-32-21/h2-3,6-13,15,18H,1,4-5,14,16H2,(H,27,31)(H,28,32)(H,29,35)/t18-/m0/s1. The quantitative estimate of drug-likeness (QED) is 0.372. The van der Waals surface area contributed by atoms with E-state index in [2.05, 4.69) is 37.0 Å². The highest BCUT2D eigenvalue weighted by molar-refractivity contribution is 5.94. The van der Waals surface area contributed by atoms with Gasteiger partial charge in [0.2, 0.25) is 11.8 Å². The molecule has 1 aliphatic heterocycles. The van der Waals surface area contributed by atoms with E-state index in [0.717, 1.165) is 41.2 Å². The number of piperidine rings is 1. The fraction of sp³-hybridized carbons (Fsp3) is 0.192. The van der Waals surface area contributed by atoms with Gasteiger partial charge < -0.3 is 15.2 Å². The number of carbonyl (C=O) groups excluding carboxylic acids is 2. The van der Waals surface area contributed by atoms with Crippen LogP contribution in [0, 0.1) is 5.92 Å². The Balaban J connectivity index is 1.25. The largest absolute Gasteiger partial charge is 0.338 e. The summed E-state index contributed by atoms with van der Waals surface area (Å²) in [5.74, 6) is 0.225. The third-order valence-electron chi connectivity index (χ3n) is 6.09. The number of H-pyrrole nitrogens is 2. The van der Waals surface area contributed by atoms with Gasteiger partial charge in [-0.15, -0.1) is 0 Å². The van der Waals surface area contributed by atoms with Crippen LogP contribution in [0.5, 0.6) is 0 Å². The van der Waals surface area contributed by atoms with Crippen molar-refractivity contribution < 1.29 is 9.59 Å². The maximum atomic E-state index is 12.7. The Morgan fingerprint density at radius 2 is 1.91 bits per heavy atom. The summed E-state index contributed by atoms with van der Waals surface area (Å²) in [6, 6.07) is 15.2. The number of benzene rings is 1. The lowest BCUT2D eigenvalue weighted by molar-refractivity contribution is -0.130. The number of imidazole rings is 1. The van der Waals surface area contributed by atoms with Crippen LogP contribution in [-0.2, 0) is 9.59 Å². The molecule has 1 aliphatic rings. The van der Waals surface area contributed by atoms with E-state index in [9.17, 15) is 9.59 Å². The zero-order valence-corrected chi connectivity index (χ0v) is 19.1. The molecule has 3 N–H and O–H groups in total. The van der Waals surface area contributed by atoms with Gasteiger partial charge in [-0.3, -0.25) is 14.7 Å². The third-order valence-corrected chi connectivity index (χ3v) is 6.09. The van der Waals surface area contributed by atoms with Gasteiger partial charge in [0, 0.05) is 25.0 Å². The maximum absolute atomic E-state index is 12.7. The molecule has 4 aromatic rings. The highest BCUT2D eigenvalue weighted by atomic mass is 16.2. The summed E-state index contributed by atoms with van der Waals surface area (Å²) < 4.78 is 0. The van der Waals surface area contributed by atoms with Crippen LogP contribution in [0.15, 0.2) is 73.6 Å².